The van der Waals surface area contributed by atoms with Crippen molar-refractivity contribution in [1.29, 1.82) is 0 Å². The molecular formula is C31H34FN7O3. The summed E-state index contributed by atoms with van der Waals surface area (Å²) in [7, 11) is 2.10. The Kier molecular flexibility index (Phi) is 7.95. The summed E-state index contributed by atoms with van der Waals surface area (Å²) in [6, 6.07) is 14.7. The number of hydrogen-bond donors (Lipinski definition) is 3. The summed E-state index contributed by atoms with van der Waals surface area (Å²) < 4.78 is 22.4. The molecule has 0 fully saturated rings. The van der Waals surface area contributed by atoms with Crippen LogP contribution in [0.2, 0.25) is 0 Å². The van der Waals surface area contributed by atoms with Crippen molar-refractivity contribution in [2.75, 3.05) is 29.5 Å². The topological polar surface area (TPSA) is 113 Å². The molecule has 0 bridgehead atoms. The first-order chi connectivity index (χ1) is 19.9. The highest BCUT2D eigenvalue weighted by molar-refractivity contribution is 5.99. The van der Waals surface area contributed by atoms with Gasteiger partial charge in [-0.25, -0.2) is 18.9 Å². The van der Waals surface area contributed by atoms with Crippen molar-refractivity contribution >= 4 is 29.3 Å². The van der Waals surface area contributed by atoms with E-state index in [4.69, 9.17) is 9.84 Å². The molecule has 3 N–H and O–H groups in total. The van der Waals surface area contributed by atoms with E-state index < -0.39 is 11.8 Å². The maximum Gasteiger partial charge on any atom is 0.324 e. The number of carbonyl (C=O) groups is 2. The summed E-state index contributed by atoms with van der Waals surface area (Å²) in [6.07, 6.45) is 2.46. The Balaban J connectivity index is 1.33. The van der Waals surface area contributed by atoms with Crippen molar-refractivity contribution < 1.29 is 18.7 Å². The maximum atomic E-state index is 15.0. The highest BCUT2D eigenvalue weighted by Gasteiger charge is 2.23. The van der Waals surface area contributed by atoms with Crippen LogP contribution in [-0.4, -0.2) is 45.2 Å². The molecule has 2 aromatic carbocycles. The molecule has 0 radical (unpaired) electrons. The average molecular weight is 572 g/mol. The van der Waals surface area contributed by atoms with Crippen LogP contribution in [0.3, 0.4) is 0 Å². The highest BCUT2D eigenvalue weighted by Crippen LogP contribution is 2.30. The fourth-order valence-corrected chi connectivity index (χ4v) is 4.64. The highest BCUT2D eigenvalue weighted by atomic mass is 19.1. The Morgan fingerprint density at radius 2 is 1.74 bits per heavy atom. The molecule has 0 aliphatic carbocycles. The number of hydrogen-bond acceptors (Lipinski definition) is 6. The van der Waals surface area contributed by atoms with Crippen molar-refractivity contribution in [3.05, 3.63) is 83.4 Å². The zero-order valence-electron chi connectivity index (χ0n) is 24.3. The van der Waals surface area contributed by atoms with Gasteiger partial charge in [-0.1, -0.05) is 26.8 Å². The van der Waals surface area contributed by atoms with E-state index >= 15 is 0 Å². The van der Waals surface area contributed by atoms with Crippen molar-refractivity contribution in [2.24, 2.45) is 0 Å². The fraction of sp³-hybridized carbons (Fsp3) is 0.290. The largest absolute Gasteiger partial charge is 0.457 e. The summed E-state index contributed by atoms with van der Waals surface area (Å²) in [5, 5.41) is 12.8. The molecule has 2 aromatic heterocycles. The van der Waals surface area contributed by atoms with E-state index in [-0.39, 0.29) is 22.8 Å². The summed E-state index contributed by atoms with van der Waals surface area (Å²) in [5.41, 5.74) is 3.90. The van der Waals surface area contributed by atoms with Crippen LogP contribution in [0.5, 0.6) is 11.5 Å². The van der Waals surface area contributed by atoms with Gasteiger partial charge in [-0.05, 0) is 54.9 Å². The van der Waals surface area contributed by atoms with Gasteiger partial charge < -0.3 is 20.3 Å². The zero-order valence-corrected chi connectivity index (χ0v) is 24.3. The van der Waals surface area contributed by atoms with Gasteiger partial charge in [0, 0.05) is 49.8 Å². The first kappa shape index (κ1) is 28.7. The minimum Gasteiger partial charge on any atom is -0.457 e. The number of anilines is 3. The van der Waals surface area contributed by atoms with Gasteiger partial charge in [0.15, 0.2) is 0 Å². The zero-order chi connectivity index (χ0) is 30.0. The van der Waals surface area contributed by atoms with E-state index in [2.05, 4.69) is 65.8 Å². The lowest BCUT2D eigenvalue weighted by molar-refractivity contribution is -0.114. The molecule has 10 nitrogen and oxygen atoms in total. The van der Waals surface area contributed by atoms with Crippen LogP contribution in [0.25, 0.3) is 5.69 Å². The third-order valence-corrected chi connectivity index (χ3v) is 6.82. The van der Waals surface area contributed by atoms with Gasteiger partial charge in [0.25, 0.3) is 0 Å². The second-order valence-corrected chi connectivity index (χ2v) is 11.4. The number of pyridine rings is 1. The second-order valence-electron chi connectivity index (χ2n) is 11.4. The molecule has 0 unspecified atom stereocenters. The fourth-order valence-electron chi connectivity index (χ4n) is 4.64. The number of likely N-dealkylation sites (N-methyl/N-ethyl adjacent to an activating group) is 1. The number of halogens is 1. The Morgan fingerprint density at radius 1 is 0.952 bits per heavy atom. The molecular weight excluding hydrogens is 537 g/mol. The first-order valence-corrected chi connectivity index (χ1v) is 13.6. The average Bonchev–Trinajstić information content (AvgIpc) is 3.34. The number of aromatic nitrogens is 3. The smallest absolute Gasteiger partial charge is 0.324 e. The van der Waals surface area contributed by atoms with Crippen molar-refractivity contribution in [3.63, 3.8) is 0 Å². The van der Waals surface area contributed by atoms with Gasteiger partial charge in [-0.2, -0.15) is 5.10 Å². The second kappa shape index (κ2) is 11.6. The van der Waals surface area contributed by atoms with Crippen LogP contribution < -0.4 is 20.7 Å². The molecule has 4 aromatic rings. The molecule has 5 rings (SSSR count). The molecule has 42 heavy (non-hydrogen) atoms. The molecule has 0 spiro atoms. The molecule has 1 aliphatic heterocycles. The quantitative estimate of drug-likeness (QED) is 0.258. The van der Waals surface area contributed by atoms with E-state index in [0.29, 0.717) is 17.4 Å². The number of urea groups is 1. The number of fused-ring (bicyclic) bond motifs is 1. The summed E-state index contributed by atoms with van der Waals surface area (Å²) in [5.74, 6) is 0.406. The van der Waals surface area contributed by atoms with Gasteiger partial charge in [0.2, 0.25) is 5.91 Å². The number of rotatable bonds is 6. The van der Waals surface area contributed by atoms with Gasteiger partial charge in [0.1, 0.15) is 29.0 Å². The number of nitrogens with zero attached hydrogens (tertiary/aromatic N) is 4. The van der Waals surface area contributed by atoms with E-state index in [1.807, 2.05) is 12.1 Å². The first-order valence-electron chi connectivity index (χ1n) is 13.6. The van der Waals surface area contributed by atoms with Gasteiger partial charge in [-0.15, -0.1) is 0 Å². The number of carbonyl (C=O) groups excluding carboxylic acids is 2. The van der Waals surface area contributed by atoms with Crippen molar-refractivity contribution in [1.82, 2.24) is 19.7 Å². The molecule has 3 heterocycles. The lowest BCUT2D eigenvalue weighted by atomic mass is 9.92. The van der Waals surface area contributed by atoms with E-state index in [1.165, 1.54) is 48.5 Å². The van der Waals surface area contributed by atoms with Crippen LogP contribution in [0.1, 0.15) is 44.5 Å². The van der Waals surface area contributed by atoms with Crippen LogP contribution in [0.4, 0.5) is 26.5 Å². The maximum absolute atomic E-state index is 15.0. The van der Waals surface area contributed by atoms with Crippen molar-refractivity contribution in [2.45, 2.75) is 46.1 Å². The molecule has 0 atom stereocenters. The number of ether oxygens (including phenoxy) is 1. The molecule has 0 saturated heterocycles. The Labute approximate surface area is 243 Å². The predicted molar refractivity (Wildman–Crippen MR) is 160 cm³/mol. The Bertz CT molecular complexity index is 1640. The number of nitrogens with one attached hydrogen (secondary N) is 3. The Morgan fingerprint density at radius 3 is 2.48 bits per heavy atom. The Hall–Kier alpha value is -4.77. The van der Waals surface area contributed by atoms with E-state index in [1.54, 1.807) is 10.7 Å². The number of amides is 3. The predicted octanol–water partition coefficient (Wildman–Crippen LogP) is 6.09. The lowest BCUT2D eigenvalue weighted by Gasteiger charge is -2.25. The monoisotopic (exact) mass is 571 g/mol. The lowest BCUT2D eigenvalue weighted by Crippen LogP contribution is -2.26. The molecule has 0 saturated carbocycles. The summed E-state index contributed by atoms with van der Waals surface area (Å²) in [4.78, 5) is 30.6. The van der Waals surface area contributed by atoms with Gasteiger partial charge >= 0.3 is 6.03 Å². The third-order valence-electron chi connectivity index (χ3n) is 6.82. The summed E-state index contributed by atoms with van der Waals surface area (Å²) in [6.45, 7) is 9.39. The standard InChI is InChI=1S/C31H34FN7O3/c1-19(40)34-28-16-24(10-12-33-28)42-23-8-9-26(25(32)15-23)35-30(41)36-29-17-27(31(2,3)4)37-39(29)22-7-6-20-11-13-38(5)18-21(20)14-22/h6-10,12,14-17H,11,13,18H2,1-5H3,(H,33,34,40)(H2,35,36,41). The molecule has 11 heteroatoms. The van der Waals surface area contributed by atoms with Crippen LogP contribution in [-0.2, 0) is 23.2 Å². The van der Waals surface area contributed by atoms with Gasteiger partial charge in [-0.3, -0.25) is 10.1 Å². The summed E-state index contributed by atoms with van der Waals surface area (Å²) >= 11 is 0. The van der Waals surface area contributed by atoms with Crippen LogP contribution in [0.15, 0.2) is 60.8 Å². The van der Waals surface area contributed by atoms with E-state index in [9.17, 15) is 14.0 Å². The van der Waals surface area contributed by atoms with E-state index in [0.717, 1.165) is 30.9 Å². The molecule has 218 valence electrons. The molecule has 1 aliphatic rings. The minimum atomic E-state index is -0.679. The van der Waals surface area contributed by atoms with Crippen molar-refractivity contribution in [3.8, 4) is 17.2 Å². The van der Waals surface area contributed by atoms with Crippen LogP contribution >= 0.6 is 0 Å². The molecule has 3 amide bonds. The van der Waals surface area contributed by atoms with Gasteiger partial charge in [0.05, 0.1) is 17.1 Å². The minimum absolute atomic E-state index is 0.0209. The normalized spacial score (nSPS) is 13.3. The SMILES string of the molecule is CC(=O)Nc1cc(Oc2ccc(NC(=O)Nc3cc(C(C)(C)C)nn3-c3ccc4c(c3)CN(C)CC4)c(F)c2)ccn1. The number of benzene rings is 2. The van der Waals surface area contributed by atoms with Crippen LogP contribution in [0, 0.1) is 5.82 Å². The third kappa shape index (κ3) is 6.74.